The number of benzene rings is 2. The maximum Gasteiger partial charge on any atom is 0.186 e. The molecule has 1 unspecified atom stereocenters. The van der Waals surface area contributed by atoms with Crippen molar-refractivity contribution in [2.75, 3.05) is 4.90 Å². The minimum absolute atomic E-state index is 0.139. The van der Waals surface area contributed by atoms with Crippen LogP contribution in [0.2, 0.25) is 10.0 Å². The molecule has 0 spiro atoms. The molecule has 1 aliphatic carbocycles. The lowest BCUT2D eigenvalue weighted by atomic mass is 10.00. The van der Waals surface area contributed by atoms with E-state index in [0.29, 0.717) is 51.5 Å². The van der Waals surface area contributed by atoms with Crippen LogP contribution in [0, 0.1) is 6.92 Å². The third-order valence-corrected chi connectivity index (χ3v) is 10.2. The minimum Gasteiger partial charge on any atom is -0.373 e. The molecule has 3 fully saturated rings. The van der Waals surface area contributed by atoms with Crippen LogP contribution in [0.15, 0.2) is 46.3 Å². The largest absolute Gasteiger partial charge is 0.373 e. The Morgan fingerprint density at radius 3 is 2.46 bits per heavy atom. The van der Waals surface area contributed by atoms with E-state index in [1.54, 1.807) is 17.4 Å². The molecule has 0 amide bonds. The standard InChI is InChI=1S/C31H31Cl2N3O4S/c1-16-11-18(7-10-22(16)30(37)38)26-15-41-31(34-26)36-19-8-9-20(36)13-21(12-19)39-14-23-28(35-40-29(23)17-5-6-17)27-24(32)3-2-4-25(27)33/h2-4,7,10-11,15,17,19-21,30,37-38H,5-6,8-9,12-14H2,1H3/t19-,20+,21?. The fraction of sp³-hybridized carbons (Fsp3) is 0.419. The molecule has 7 nitrogen and oxygen atoms in total. The van der Waals surface area contributed by atoms with Crippen LogP contribution in [0.1, 0.15) is 73.2 Å². The van der Waals surface area contributed by atoms with Gasteiger partial charge in [0.15, 0.2) is 11.4 Å². The number of thiazole rings is 1. The number of aryl methyl sites for hydroxylation is 1. The number of hydrogen-bond donors (Lipinski definition) is 2. The molecule has 2 bridgehead atoms. The first-order valence-electron chi connectivity index (χ1n) is 14.1. The summed E-state index contributed by atoms with van der Waals surface area (Å²) in [6.07, 6.45) is 5.01. The maximum atomic E-state index is 9.55. The molecule has 2 saturated heterocycles. The van der Waals surface area contributed by atoms with Gasteiger partial charge in [-0.1, -0.05) is 46.6 Å². The highest BCUT2D eigenvalue weighted by atomic mass is 35.5. The van der Waals surface area contributed by atoms with Crippen molar-refractivity contribution in [3.63, 3.8) is 0 Å². The van der Waals surface area contributed by atoms with E-state index in [1.165, 1.54) is 0 Å². The molecule has 214 valence electrons. The second kappa shape index (κ2) is 11.0. The fourth-order valence-corrected chi connectivity index (χ4v) is 8.02. The molecule has 41 heavy (non-hydrogen) atoms. The van der Waals surface area contributed by atoms with Gasteiger partial charge in [-0.15, -0.1) is 11.3 Å². The van der Waals surface area contributed by atoms with Crippen molar-refractivity contribution in [2.24, 2.45) is 0 Å². The third kappa shape index (κ3) is 5.19. The normalized spacial score (nSPS) is 22.2. The molecule has 3 atom stereocenters. The Kier molecular flexibility index (Phi) is 7.34. The summed E-state index contributed by atoms with van der Waals surface area (Å²) < 4.78 is 12.4. The Labute approximate surface area is 252 Å². The Bertz CT molecular complexity index is 1550. The number of nitrogens with zero attached hydrogens (tertiary/aromatic N) is 3. The molecule has 2 N–H and O–H groups in total. The van der Waals surface area contributed by atoms with E-state index in [2.05, 4.69) is 15.4 Å². The van der Waals surface area contributed by atoms with Crippen molar-refractivity contribution in [3.05, 3.63) is 74.3 Å². The summed E-state index contributed by atoms with van der Waals surface area (Å²) in [5.74, 6) is 1.30. The lowest BCUT2D eigenvalue weighted by Gasteiger charge is -2.38. The quantitative estimate of drug-likeness (QED) is 0.198. The predicted molar refractivity (Wildman–Crippen MR) is 160 cm³/mol. The van der Waals surface area contributed by atoms with E-state index in [-0.39, 0.29) is 6.10 Å². The third-order valence-electron chi connectivity index (χ3n) is 8.68. The fourth-order valence-electron chi connectivity index (χ4n) is 6.47. The van der Waals surface area contributed by atoms with Gasteiger partial charge in [0.1, 0.15) is 11.5 Å². The summed E-state index contributed by atoms with van der Waals surface area (Å²) in [6.45, 7) is 2.31. The van der Waals surface area contributed by atoms with E-state index in [9.17, 15) is 10.2 Å². The van der Waals surface area contributed by atoms with Crippen LogP contribution in [0.4, 0.5) is 5.13 Å². The van der Waals surface area contributed by atoms with Crippen molar-refractivity contribution < 1.29 is 19.5 Å². The highest BCUT2D eigenvalue weighted by Gasteiger charge is 2.43. The van der Waals surface area contributed by atoms with Gasteiger partial charge in [0.2, 0.25) is 0 Å². The number of aromatic nitrogens is 2. The second-order valence-corrected chi connectivity index (χ2v) is 13.1. The van der Waals surface area contributed by atoms with Crippen LogP contribution in [-0.4, -0.2) is 38.5 Å². The summed E-state index contributed by atoms with van der Waals surface area (Å²) in [4.78, 5) is 7.50. The Hall–Kier alpha value is -2.46. The van der Waals surface area contributed by atoms with E-state index in [0.717, 1.165) is 71.8 Å². The molecule has 3 aliphatic rings. The number of anilines is 1. The van der Waals surface area contributed by atoms with Gasteiger partial charge in [-0.25, -0.2) is 4.98 Å². The van der Waals surface area contributed by atoms with Gasteiger partial charge in [-0.05, 0) is 69.2 Å². The molecular weight excluding hydrogens is 581 g/mol. The SMILES string of the molecule is Cc1cc(-c2csc(N3[C@@H]4CC[C@H]3CC(OCc3c(-c5c(Cl)cccc5Cl)noc3C3CC3)C4)n2)ccc1C(O)O. The van der Waals surface area contributed by atoms with Crippen molar-refractivity contribution >= 4 is 39.7 Å². The molecule has 1 saturated carbocycles. The predicted octanol–water partition coefficient (Wildman–Crippen LogP) is 7.66. The average molecular weight is 613 g/mol. The number of halogens is 2. The summed E-state index contributed by atoms with van der Waals surface area (Å²) in [5.41, 5.74) is 5.61. The number of ether oxygens (including phenoxy) is 1. The first-order chi connectivity index (χ1) is 19.9. The smallest absolute Gasteiger partial charge is 0.186 e. The number of aliphatic hydroxyl groups is 2. The monoisotopic (exact) mass is 611 g/mol. The first kappa shape index (κ1) is 27.4. The van der Waals surface area contributed by atoms with Crippen LogP contribution >= 0.6 is 34.5 Å². The molecule has 0 radical (unpaired) electrons. The maximum absolute atomic E-state index is 9.55. The zero-order valence-corrected chi connectivity index (χ0v) is 24.9. The van der Waals surface area contributed by atoms with E-state index >= 15 is 0 Å². The number of fused-ring (bicyclic) bond motifs is 2. The Morgan fingerprint density at radius 2 is 1.80 bits per heavy atom. The Morgan fingerprint density at radius 1 is 1.07 bits per heavy atom. The molecule has 2 aromatic carbocycles. The minimum atomic E-state index is -1.47. The molecule has 4 aromatic rings. The van der Waals surface area contributed by atoms with Gasteiger partial charge in [0.25, 0.3) is 0 Å². The van der Waals surface area contributed by atoms with Gasteiger partial charge >= 0.3 is 0 Å². The summed E-state index contributed by atoms with van der Waals surface area (Å²) in [7, 11) is 0. The highest BCUT2D eigenvalue weighted by Crippen LogP contribution is 2.47. The van der Waals surface area contributed by atoms with Crippen molar-refractivity contribution in [1.82, 2.24) is 10.1 Å². The first-order valence-corrected chi connectivity index (χ1v) is 15.8. The second-order valence-electron chi connectivity index (χ2n) is 11.4. The van der Waals surface area contributed by atoms with Gasteiger partial charge in [0.05, 0.1) is 28.5 Å². The summed E-state index contributed by atoms with van der Waals surface area (Å²) in [5, 5.41) is 27.8. The zero-order valence-electron chi connectivity index (χ0n) is 22.6. The Balaban J connectivity index is 1.06. The van der Waals surface area contributed by atoms with E-state index < -0.39 is 6.29 Å². The van der Waals surface area contributed by atoms with Crippen LogP contribution in [0.25, 0.3) is 22.5 Å². The summed E-state index contributed by atoms with van der Waals surface area (Å²) in [6, 6.07) is 11.9. The van der Waals surface area contributed by atoms with Crippen LogP contribution < -0.4 is 4.90 Å². The number of piperidine rings is 1. The van der Waals surface area contributed by atoms with Crippen molar-refractivity contribution in [2.45, 2.75) is 82.5 Å². The van der Waals surface area contributed by atoms with Crippen LogP contribution in [0.5, 0.6) is 0 Å². The van der Waals surface area contributed by atoms with Gasteiger partial charge < -0.3 is 24.4 Å². The number of rotatable bonds is 8. The lowest BCUT2D eigenvalue weighted by Crippen LogP contribution is -2.45. The molecule has 4 heterocycles. The van der Waals surface area contributed by atoms with Crippen molar-refractivity contribution in [1.29, 1.82) is 0 Å². The van der Waals surface area contributed by atoms with Gasteiger partial charge in [-0.3, -0.25) is 0 Å². The van der Waals surface area contributed by atoms with Gasteiger partial charge in [-0.2, -0.15) is 0 Å². The molecule has 10 heteroatoms. The van der Waals surface area contributed by atoms with E-state index in [4.69, 9.17) is 37.4 Å². The van der Waals surface area contributed by atoms with Crippen LogP contribution in [-0.2, 0) is 11.3 Å². The number of hydrogen-bond acceptors (Lipinski definition) is 8. The molecule has 2 aromatic heterocycles. The molecular formula is C31H31Cl2N3O4S. The van der Waals surface area contributed by atoms with Crippen LogP contribution in [0.3, 0.4) is 0 Å². The summed E-state index contributed by atoms with van der Waals surface area (Å²) >= 11 is 14.8. The average Bonchev–Trinajstić information content (AvgIpc) is 3.41. The topological polar surface area (TPSA) is 91.9 Å². The highest BCUT2D eigenvalue weighted by molar-refractivity contribution is 7.14. The lowest BCUT2D eigenvalue weighted by molar-refractivity contribution is -0.0429. The molecule has 7 rings (SSSR count). The number of aliphatic hydroxyl groups excluding tert-OH is 1. The van der Waals surface area contributed by atoms with Crippen molar-refractivity contribution in [3.8, 4) is 22.5 Å². The molecule has 2 aliphatic heterocycles. The van der Waals surface area contributed by atoms with Gasteiger partial charge in [0, 0.05) is 45.6 Å². The zero-order chi connectivity index (χ0) is 28.2. The van der Waals surface area contributed by atoms with E-state index in [1.807, 2.05) is 37.3 Å².